The van der Waals surface area contributed by atoms with E-state index >= 15 is 0 Å². The summed E-state index contributed by atoms with van der Waals surface area (Å²) >= 11 is 0. The van der Waals surface area contributed by atoms with Crippen LogP contribution in [0.5, 0.6) is 5.75 Å². The molecule has 2 aromatic carbocycles. The van der Waals surface area contributed by atoms with E-state index in [9.17, 15) is 14.7 Å². The van der Waals surface area contributed by atoms with Crippen LogP contribution in [0.4, 0.5) is 0 Å². The second-order valence-electron chi connectivity index (χ2n) is 7.27. The number of nitrogens with one attached hydrogen (secondary N) is 1. The SMILES string of the molecule is CONC(=O)c1ccc(CC(=O)N2CCC(c3cccc(CN)c3)CC2)cc1O. The minimum absolute atomic E-state index is 0.0210. The van der Waals surface area contributed by atoms with Crippen LogP contribution >= 0.6 is 0 Å². The molecule has 1 aliphatic rings. The van der Waals surface area contributed by atoms with Crippen LogP contribution in [-0.4, -0.2) is 42.0 Å². The molecule has 2 amide bonds. The molecule has 0 bridgehead atoms. The van der Waals surface area contributed by atoms with Crippen molar-refractivity contribution in [3.63, 3.8) is 0 Å². The zero-order valence-corrected chi connectivity index (χ0v) is 16.6. The highest BCUT2D eigenvalue weighted by molar-refractivity contribution is 5.96. The van der Waals surface area contributed by atoms with Crippen molar-refractivity contribution < 1.29 is 19.5 Å². The van der Waals surface area contributed by atoms with E-state index in [1.165, 1.54) is 24.8 Å². The minimum atomic E-state index is -0.538. The summed E-state index contributed by atoms with van der Waals surface area (Å²) in [7, 11) is 1.32. The molecule has 1 fully saturated rings. The summed E-state index contributed by atoms with van der Waals surface area (Å²) in [6.45, 7) is 1.94. The molecule has 7 heteroatoms. The lowest BCUT2D eigenvalue weighted by molar-refractivity contribution is -0.131. The number of carbonyl (C=O) groups excluding carboxylic acids is 2. The Balaban J connectivity index is 1.57. The molecular weight excluding hydrogens is 370 g/mol. The van der Waals surface area contributed by atoms with Crippen molar-refractivity contribution in [2.75, 3.05) is 20.2 Å². The van der Waals surface area contributed by atoms with Gasteiger partial charge in [0.15, 0.2) is 0 Å². The van der Waals surface area contributed by atoms with E-state index in [4.69, 9.17) is 5.73 Å². The molecule has 0 aromatic heterocycles. The summed E-state index contributed by atoms with van der Waals surface area (Å²) < 4.78 is 0. The second kappa shape index (κ2) is 9.54. The number of aromatic hydroxyl groups is 1. The number of phenolic OH excluding ortho intramolecular Hbond substituents is 1. The van der Waals surface area contributed by atoms with Gasteiger partial charge >= 0.3 is 0 Å². The normalized spacial score (nSPS) is 14.6. The van der Waals surface area contributed by atoms with Crippen molar-refractivity contribution >= 4 is 11.8 Å². The fourth-order valence-corrected chi connectivity index (χ4v) is 3.75. The van der Waals surface area contributed by atoms with Crippen molar-refractivity contribution in [2.24, 2.45) is 5.73 Å². The lowest BCUT2D eigenvalue weighted by Gasteiger charge is -2.32. The third-order valence-corrected chi connectivity index (χ3v) is 5.36. The van der Waals surface area contributed by atoms with Crippen molar-refractivity contribution in [1.82, 2.24) is 10.4 Å². The largest absolute Gasteiger partial charge is 0.507 e. The standard InChI is InChI=1S/C22H27N3O4/c1-29-24-22(28)19-6-5-15(12-20(19)26)13-21(27)25-9-7-17(8-10-25)18-4-2-3-16(11-18)14-23/h2-6,11-12,17,26H,7-10,13-14,23H2,1H3,(H,24,28). The fourth-order valence-electron chi connectivity index (χ4n) is 3.75. The Bertz CT molecular complexity index is 876. The minimum Gasteiger partial charge on any atom is -0.507 e. The maximum Gasteiger partial charge on any atom is 0.278 e. The number of nitrogens with zero attached hydrogens (tertiary/aromatic N) is 1. The summed E-state index contributed by atoms with van der Waals surface area (Å²) in [6.07, 6.45) is 2.02. The van der Waals surface area contributed by atoms with Gasteiger partial charge in [0.2, 0.25) is 5.91 Å². The molecule has 0 radical (unpaired) electrons. The number of rotatable bonds is 6. The van der Waals surface area contributed by atoms with Gasteiger partial charge in [-0.1, -0.05) is 30.3 Å². The van der Waals surface area contributed by atoms with Crippen LogP contribution in [0, 0.1) is 0 Å². The summed E-state index contributed by atoms with van der Waals surface area (Å²) in [4.78, 5) is 30.9. The Morgan fingerprint density at radius 2 is 1.93 bits per heavy atom. The number of piperidine rings is 1. The van der Waals surface area contributed by atoms with E-state index in [-0.39, 0.29) is 23.6 Å². The Labute approximate surface area is 170 Å². The monoisotopic (exact) mass is 397 g/mol. The van der Waals surface area contributed by atoms with Crippen LogP contribution in [0.1, 0.15) is 45.8 Å². The topological polar surface area (TPSA) is 105 Å². The van der Waals surface area contributed by atoms with Gasteiger partial charge in [0.1, 0.15) is 5.75 Å². The molecule has 3 rings (SSSR count). The molecule has 0 aliphatic carbocycles. The van der Waals surface area contributed by atoms with Gasteiger partial charge in [0, 0.05) is 19.6 Å². The Morgan fingerprint density at radius 3 is 2.59 bits per heavy atom. The molecule has 1 saturated heterocycles. The molecule has 4 N–H and O–H groups in total. The summed E-state index contributed by atoms with van der Waals surface area (Å²) in [6, 6.07) is 13.0. The van der Waals surface area contributed by atoms with Crippen molar-refractivity contribution in [1.29, 1.82) is 0 Å². The summed E-state index contributed by atoms with van der Waals surface area (Å²) in [5.74, 6) is -0.257. The molecule has 0 unspecified atom stereocenters. The number of nitrogens with two attached hydrogens (primary N) is 1. The van der Waals surface area contributed by atoms with Gasteiger partial charge in [-0.3, -0.25) is 14.4 Å². The van der Waals surface area contributed by atoms with Crippen LogP contribution in [0.3, 0.4) is 0 Å². The van der Waals surface area contributed by atoms with Crippen LogP contribution < -0.4 is 11.2 Å². The van der Waals surface area contributed by atoms with Crippen LogP contribution in [-0.2, 0) is 22.6 Å². The van der Waals surface area contributed by atoms with Gasteiger partial charge in [-0.2, -0.15) is 0 Å². The van der Waals surface area contributed by atoms with Crippen LogP contribution in [0.2, 0.25) is 0 Å². The first-order valence-electron chi connectivity index (χ1n) is 9.73. The van der Waals surface area contributed by atoms with Crippen molar-refractivity contribution in [3.8, 4) is 5.75 Å². The molecule has 154 valence electrons. The molecular formula is C22H27N3O4. The number of benzene rings is 2. The van der Waals surface area contributed by atoms with Crippen LogP contribution in [0.15, 0.2) is 42.5 Å². The average Bonchev–Trinajstić information content (AvgIpc) is 2.74. The number of phenols is 1. The molecule has 2 aromatic rings. The number of carbonyl (C=O) groups is 2. The molecule has 0 spiro atoms. The van der Waals surface area contributed by atoms with E-state index in [1.54, 1.807) is 6.07 Å². The van der Waals surface area contributed by atoms with Gasteiger partial charge in [-0.25, -0.2) is 5.48 Å². The smallest absolute Gasteiger partial charge is 0.278 e. The number of likely N-dealkylation sites (tertiary alicyclic amines) is 1. The summed E-state index contributed by atoms with van der Waals surface area (Å²) in [5.41, 5.74) is 11.1. The van der Waals surface area contributed by atoms with Gasteiger partial charge < -0.3 is 15.7 Å². The molecule has 1 aliphatic heterocycles. The lowest BCUT2D eigenvalue weighted by atomic mass is 9.88. The molecule has 0 atom stereocenters. The summed E-state index contributed by atoms with van der Waals surface area (Å²) in [5, 5.41) is 10.1. The zero-order valence-electron chi connectivity index (χ0n) is 16.6. The maximum absolute atomic E-state index is 12.7. The highest BCUT2D eigenvalue weighted by Crippen LogP contribution is 2.29. The van der Waals surface area contributed by atoms with E-state index in [0.29, 0.717) is 31.1 Å². The van der Waals surface area contributed by atoms with E-state index in [2.05, 4.69) is 22.5 Å². The predicted octanol–water partition coefficient (Wildman–Crippen LogP) is 2.09. The second-order valence-corrected chi connectivity index (χ2v) is 7.27. The highest BCUT2D eigenvalue weighted by Gasteiger charge is 2.24. The maximum atomic E-state index is 12.7. The molecule has 1 heterocycles. The number of hydroxylamine groups is 1. The van der Waals surface area contributed by atoms with Gasteiger partial charge in [0.25, 0.3) is 5.91 Å². The van der Waals surface area contributed by atoms with Gasteiger partial charge in [-0.15, -0.1) is 0 Å². The number of amides is 2. The first-order valence-corrected chi connectivity index (χ1v) is 9.73. The van der Waals surface area contributed by atoms with Gasteiger partial charge in [0.05, 0.1) is 19.1 Å². The highest BCUT2D eigenvalue weighted by atomic mass is 16.6. The van der Waals surface area contributed by atoms with Gasteiger partial charge in [-0.05, 0) is 47.6 Å². The molecule has 0 saturated carbocycles. The Kier molecular flexibility index (Phi) is 6.85. The zero-order chi connectivity index (χ0) is 20.8. The van der Waals surface area contributed by atoms with E-state index < -0.39 is 5.91 Å². The van der Waals surface area contributed by atoms with E-state index in [0.717, 1.165) is 18.4 Å². The Morgan fingerprint density at radius 1 is 1.17 bits per heavy atom. The third kappa shape index (κ3) is 5.13. The fraction of sp³-hybridized carbons (Fsp3) is 0.364. The van der Waals surface area contributed by atoms with E-state index in [1.807, 2.05) is 17.0 Å². The number of hydrogen-bond donors (Lipinski definition) is 3. The molecule has 29 heavy (non-hydrogen) atoms. The number of hydrogen-bond acceptors (Lipinski definition) is 5. The predicted molar refractivity (Wildman–Crippen MR) is 109 cm³/mol. The third-order valence-electron chi connectivity index (χ3n) is 5.36. The Hall–Kier alpha value is -2.90. The van der Waals surface area contributed by atoms with Crippen molar-refractivity contribution in [2.45, 2.75) is 31.7 Å². The quantitative estimate of drug-likeness (QED) is 0.648. The molecule has 7 nitrogen and oxygen atoms in total. The first kappa shape index (κ1) is 20.8. The van der Waals surface area contributed by atoms with Crippen molar-refractivity contribution in [3.05, 3.63) is 64.7 Å². The van der Waals surface area contributed by atoms with Crippen LogP contribution in [0.25, 0.3) is 0 Å². The average molecular weight is 397 g/mol. The first-order chi connectivity index (χ1) is 14.0. The lowest BCUT2D eigenvalue weighted by Crippen LogP contribution is -2.38.